The van der Waals surface area contributed by atoms with Gasteiger partial charge in [-0.1, -0.05) is 21.1 Å². The summed E-state index contributed by atoms with van der Waals surface area (Å²) in [6, 6.07) is 9.23. The number of hydrogen-bond acceptors (Lipinski definition) is 3. The summed E-state index contributed by atoms with van der Waals surface area (Å²) in [5.41, 5.74) is -0.731. The minimum Gasteiger partial charge on any atom is -0.282 e. The summed E-state index contributed by atoms with van der Waals surface area (Å²) in [5.74, 6) is 0. The molecule has 1 unspecified atom stereocenters. The number of likely N-dealkylation sites (N-methyl/N-ethyl adjacent to an activating group) is 1. The molecule has 0 N–H and O–H groups in total. The molecule has 26 heavy (non-hydrogen) atoms. The molecule has 0 aromatic heterocycles. The van der Waals surface area contributed by atoms with Crippen molar-refractivity contribution >= 4 is 11.4 Å². The first kappa shape index (κ1) is 18.2. The highest BCUT2D eigenvalue weighted by molar-refractivity contribution is 5.73. The van der Waals surface area contributed by atoms with Gasteiger partial charge in [-0.2, -0.15) is 13.2 Å². The van der Waals surface area contributed by atoms with Gasteiger partial charge in [-0.05, 0) is 59.8 Å². The molecule has 0 saturated heterocycles. The van der Waals surface area contributed by atoms with Crippen LogP contribution in [0.1, 0.15) is 12.5 Å². The van der Waals surface area contributed by atoms with Crippen LogP contribution in [-0.2, 0) is 6.18 Å². The monoisotopic (exact) mass is 369 g/mol. The average molecular weight is 369 g/mol. The lowest BCUT2D eigenvalue weighted by Crippen LogP contribution is -2.36. The summed E-state index contributed by atoms with van der Waals surface area (Å²) in [5, 5.41) is 2.47. The number of hydrogen-bond donors (Lipinski definition) is 0. The molecule has 0 bridgehead atoms. The Morgan fingerprint density at radius 3 is 2.31 bits per heavy atom. The van der Waals surface area contributed by atoms with E-state index in [1.54, 1.807) is 24.3 Å². The zero-order valence-electron chi connectivity index (χ0n) is 14.0. The fourth-order valence-corrected chi connectivity index (χ4v) is 2.77. The van der Waals surface area contributed by atoms with Crippen molar-refractivity contribution in [2.45, 2.75) is 19.1 Å². The first-order valence-electron chi connectivity index (χ1n) is 7.81. The van der Waals surface area contributed by atoms with Gasteiger partial charge in [0.05, 0.1) is 11.3 Å². The highest BCUT2D eigenvalue weighted by atomic mass is 19.4. The zero-order valence-corrected chi connectivity index (χ0v) is 14.0. The molecule has 0 radical (unpaired) electrons. The molecule has 0 amide bonds. The normalized spacial score (nSPS) is 17.8. The van der Waals surface area contributed by atoms with Gasteiger partial charge in [-0.25, -0.2) is 5.01 Å². The van der Waals surface area contributed by atoms with Gasteiger partial charge in [0.2, 0.25) is 0 Å². The highest BCUT2D eigenvalue weighted by Crippen LogP contribution is 2.37. The van der Waals surface area contributed by atoms with Crippen LogP contribution in [0, 0.1) is 0 Å². The number of nitrogens with zero attached hydrogens (tertiary/aromatic N) is 3. The van der Waals surface area contributed by atoms with Crippen LogP contribution in [0.3, 0.4) is 0 Å². The Morgan fingerprint density at radius 2 is 1.73 bits per heavy atom. The smallest absolute Gasteiger partial charge is 0.282 e. The van der Waals surface area contributed by atoms with Crippen molar-refractivity contribution in [3.63, 3.8) is 0 Å². The van der Waals surface area contributed by atoms with Crippen molar-refractivity contribution in [2.24, 2.45) is 0 Å². The van der Waals surface area contributed by atoms with Crippen molar-refractivity contribution in [1.29, 1.82) is 0 Å². The van der Waals surface area contributed by atoms with E-state index in [1.807, 2.05) is 36.3 Å². The highest BCUT2D eigenvalue weighted by Gasteiger charge is 2.32. The minimum atomic E-state index is -4.72. The molecule has 8 heteroatoms. The number of benzene rings is 2. The fraction of sp³-hybridized carbons (Fsp3) is 0.222. The fourth-order valence-electron chi connectivity index (χ4n) is 2.77. The van der Waals surface area contributed by atoms with Gasteiger partial charge >= 0.3 is 6.18 Å². The Bertz CT molecular complexity index is 832. The van der Waals surface area contributed by atoms with E-state index in [-0.39, 0.29) is 11.6 Å². The number of halogens is 5. The van der Waals surface area contributed by atoms with Gasteiger partial charge < -0.3 is 0 Å². The molecule has 0 spiro atoms. The minimum absolute atomic E-state index is 0.0656. The van der Waals surface area contributed by atoms with Crippen LogP contribution in [0.4, 0.5) is 33.5 Å². The van der Waals surface area contributed by atoms with E-state index in [0.717, 1.165) is 17.8 Å². The van der Waals surface area contributed by atoms with Crippen molar-refractivity contribution in [3.05, 3.63) is 60.3 Å². The van der Waals surface area contributed by atoms with Gasteiger partial charge in [0.15, 0.2) is 0 Å². The van der Waals surface area contributed by atoms with Crippen molar-refractivity contribution < 1.29 is 22.1 Å². The Balaban J connectivity index is 2.05. The molecule has 0 fully saturated rings. The summed E-state index contributed by atoms with van der Waals surface area (Å²) in [4.78, 5) is 0. The standard InChI is InChI=1S/C18H16F5N3/c1-12-6-7-25(24(12)2)16-5-3-4-13(9-16)14-8-15(18(19,20)21)11-17(10-14)26(22)23/h3-12H,1-2H3. The van der Waals surface area contributed by atoms with E-state index in [9.17, 15) is 22.1 Å². The zero-order chi connectivity index (χ0) is 19.1. The predicted molar refractivity (Wildman–Crippen MR) is 90.4 cm³/mol. The van der Waals surface area contributed by atoms with E-state index < -0.39 is 22.8 Å². The lowest BCUT2D eigenvalue weighted by Gasteiger charge is -2.28. The van der Waals surface area contributed by atoms with E-state index in [1.165, 1.54) is 0 Å². The molecule has 3 rings (SSSR count). The van der Waals surface area contributed by atoms with Crippen LogP contribution >= 0.6 is 0 Å². The van der Waals surface area contributed by atoms with E-state index in [0.29, 0.717) is 11.6 Å². The number of anilines is 2. The third-order valence-electron chi connectivity index (χ3n) is 4.32. The second kappa shape index (κ2) is 6.60. The quantitative estimate of drug-likeness (QED) is 0.521. The molecule has 1 atom stereocenters. The van der Waals surface area contributed by atoms with Crippen LogP contribution in [0.2, 0.25) is 0 Å². The third kappa shape index (κ3) is 3.50. The Labute approximate surface area is 147 Å². The molecule has 1 aliphatic heterocycles. The lowest BCUT2D eigenvalue weighted by molar-refractivity contribution is -0.137. The number of alkyl halides is 3. The van der Waals surface area contributed by atoms with E-state index >= 15 is 0 Å². The molecule has 1 heterocycles. The summed E-state index contributed by atoms with van der Waals surface area (Å²) >= 11 is 0. The third-order valence-corrected chi connectivity index (χ3v) is 4.32. The molecule has 2 aromatic carbocycles. The molecule has 0 saturated carbocycles. The maximum atomic E-state index is 13.1. The van der Waals surface area contributed by atoms with Gasteiger partial charge in [-0.15, -0.1) is 0 Å². The van der Waals surface area contributed by atoms with Crippen LogP contribution in [0.5, 0.6) is 0 Å². The van der Waals surface area contributed by atoms with E-state index in [2.05, 4.69) is 0 Å². The maximum absolute atomic E-state index is 13.1. The SMILES string of the molecule is CC1C=CN(c2cccc(-c3cc(N(F)F)cc(C(F)(F)F)c3)c2)N1C. The Kier molecular flexibility index (Phi) is 4.62. The second-order valence-electron chi connectivity index (χ2n) is 6.05. The van der Waals surface area contributed by atoms with Crippen molar-refractivity contribution in [2.75, 3.05) is 17.4 Å². The molecule has 138 valence electrons. The molecule has 3 nitrogen and oxygen atoms in total. The summed E-state index contributed by atoms with van der Waals surface area (Å²) < 4.78 is 65.0. The molecular formula is C18H16F5N3. The van der Waals surface area contributed by atoms with Gasteiger partial charge in [0.25, 0.3) is 0 Å². The van der Waals surface area contributed by atoms with Gasteiger partial charge in [-0.3, -0.25) is 5.01 Å². The van der Waals surface area contributed by atoms with Crippen molar-refractivity contribution in [1.82, 2.24) is 5.01 Å². The number of rotatable bonds is 3. The van der Waals surface area contributed by atoms with Crippen molar-refractivity contribution in [3.8, 4) is 11.1 Å². The molecular weight excluding hydrogens is 353 g/mol. The Hall–Kier alpha value is -2.61. The van der Waals surface area contributed by atoms with E-state index in [4.69, 9.17) is 0 Å². The largest absolute Gasteiger partial charge is 0.416 e. The maximum Gasteiger partial charge on any atom is 0.416 e. The summed E-state index contributed by atoms with van der Waals surface area (Å²) in [6.07, 6.45) is -0.892. The Morgan fingerprint density at radius 1 is 1.00 bits per heavy atom. The van der Waals surface area contributed by atoms with Gasteiger partial charge in [0.1, 0.15) is 5.69 Å². The van der Waals surface area contributed by atoms with Crippen LogP contribution in [0.15, 0.2) is 54.7 Å². The second-order valence-corrected chi connectivity index (χ2v) is 6.05. The lowest BCUT2D eigenvalue weighted by atomic mass is 10.0. The predicted octanol–water partition coefficient (Wildman–Crippen LogP) is 5.52. The molecule has 1 aliphatic rings. The summed E-state index contributed by atoms with van der Waals surface area (Å²) in [7, 11) is 1.88. The van der Waals surface area contributed by atoms with Crippen LogP contribution < -0.4 is 10.4 Å². The molecule has 2 aromatic rings. The van der Waals surface area contributed by atoms with Crippen LogP contribution in [0.25, 0.3) is 11.1 Å². The first-order chi connectivity index (χ1) is 12.2. The number of hydrazine groups is 1. The topological polar surface area (TPSA) is 9.72 Å². The molecule has 0 aliphatic carbocycles. The summed E-state index contributed by atoms with van der Waals surface area (Å²) in [6.45, 7) is 2.00. The first-order valence-corrected chi connectivity index (χ1v) is 7.81. The van der Waals surface area contributed by atoms with Crippen LogP contribution in [-0.4, -0.2) is 18.1 Å². The average Bonchev–Trinajstić information content (AvgIpc) is 2.93. The van der Waals surface area contributed by atoms with Gasteiger partial charge in [0, 0.05) is 19.3 Å².